The lowest BCUT2D eigenvalue weighted by Gasteiger charge is -2.39. The minimum Gasteiger partial charge on any atom is -0.342 e. The molecule has 26 heavy (non-hydrogen) atoms. The van der Waals surface area contributed by atoms with Crippen molar-refractivity contribution in [3.63, 3.8) is 0 Å². The van der Waals surface area contributed by atoms with Crippen LogP contribution < -0.4 is 0 Å². The van der Waals surface area contributed by atoms with Crippen LogP contribution in [0.4, 0.5) is 0 Å². The molecular weight excluding hydrogens is 328 g/mol. The lowest BCUT2D eigenvalue weighted by molar-refractivity contribution is -0.133. The van der Waals surface area contributed by atoms with Crippen molar-refractivity contribution in [2.45, 2.75) is 76.8 Å². The Labute approximate surface area is 155 Å². The average molecular weight is 358 g/mol. The van der Waals surface area contributed by atoms with Crippen LogP contribution in [0.2, 0.25) is 0 Å². The second-order valence-corrected chi connectivity index (χ2v) is 8.41. The molecule has 2 saturated heterocycles. The number of nitrogens with zero attached hydrogens (tertiary/aromatic N) is 3. The molecule has 1 aliphatic carbocycles. The first-order chi connectivity index (χ1) is 12.6. The topological polar surface area (TPSA) is 69.3 Å². The van der Waals surface area contributed by atoms with E-state index in [0.29, 0.717) is 5.91 Å². The molecule has 3 heterocycles. The van der Waals surface area contributed by atoms with Crippen LogP contribution in [0.25, 0.3) is 0 Å². The number of piperidine rings is 2. The first-order valence-corrected chi connectivity index (χ1v) is 10.2. The van der Waals surface area contributed by atoms with Crippen molar-refractivity contribution in [3.8, 4) is 0 Å². The predicted octanol–water partition coefficient (Wildman–Crippen LogP) is 2.93. The zero-order valence-corrected chi connectivity index (χ0v) is 15.9. The summed E-state index contributed by atoms with van der Waals surface area (Å²) in [4.78, 5) is 29.5. The zero-order valence-electron chi connectivity index (χ0n) is 15.9. The number of carbonyl (C=O) groups is 2. The van der Waals surface area contributed by atoms with Gasteiger partial charge in [0.15, 0.2) is 0 Å². The maximum atomic E-state index is 13.2. The summed E-state index contributed by atoms with van der Waals surface area (Å²) in [5.41, 5.74) is 1.70. The largest absolute Gasteiger partial charge is 0.342 e. The van der Waals surface area contributed by atoms with E-state index >= 15 is 0 Å². The van der Waals surface area contributed by atoms with Gasteiger partial charge in [0.1, 0.15) is 0 Å². The second kappa shape index (κ2) is 7.05. The van der Waals surface area contributed by atoms with E-state index in [1.54, 1.807) is 6.20 Å². The smallest absolute Gasteiger partial charge is 0.257 e. The van der Waals surface area contributed by atoms with Gasteiger partial charge in [-0.1, -0.05) is 0 Å². The van der Waals surface area contributed by atoms with Gasteiger partial charge in [-0.15, -0.1) is 0 Å². The lowest BCUT2D eigenvalue weighted by atomic mass is 9.90. The normalized spacial score (nSPS) is 27.6. The summed E-state index contributed by atoms with van der Waals surface area (Å²) < 4.78 is 0. The van der Waals surface area contributed by atoms with Crippen LogP contribution in [-0.4, -0.2) is 57.0 Å². The monoisotopic (exact) mass is 358 g/mol. The van der Waals surface area contributed by atoms with Crippen LogP contribution in [0.5, 0.6) is 0 Å². The highest BCUT2D eigenvalue weighted by atomic mass is 16.2. The molecule has 0 radical (unpaired) electrons. The first-order valence-electron chi connectivity index (χ1n) is 10.2. The van der Waals surface area contributed by atoms with Gasteiger partial charge in [0.05, 0.1) is 17.5 Å². The minimum absolute atomic E-state index is 0.116. The molecule has 2 unspecified atom stereocenters. The summed E-state index contributed by atoms with van der Waals surface area (Å²) in [7, 11) is 0. The number of H-pyrrole nitrogens is 1. The maximum Gasteiger partial charge on any atom is 0.257 e. The van der Waals surface area contributed by atoms with E-state index in [1.807, 2.05) is 9.80 Å². The Balaban J connectivity index is 1.45. The number of aromatic amines is 1. The summed E-state index contributed by atoms with van der Waals surface area (Å²) >= 11 is 0. The Kier molecular flexibility index (Phi) is 4.76. The molecule has 6 heteroatoms. The molecule has 0 aromatic carbocycles. The number of likely N-dealkylation sites (tertiary alicyclic amines) is 2. The average Bonchev–Trinajstić information content (AvgIpc) is 3.37. The number of hydrogen-bond acceptors (Lipinski definition) is 3. The summed E-state index contributed by atoms with van der Waals surface area (Å²) in [5, 5.41) is 7.31. The van der Waals surface area contributed by atoms with Crippen molar-refractivity contribution in [2.75, 3.05) is 13.1 Å². The van der Waals surface area contributed by atoms with Crippen molar-refractivity contribution in [2.24, 2.45) is 5.92 Å². The highest BCUT2D eigenvalue weighted by Crippen LogP contribution is 2.35. The van der Waals surface area contributed by atoms with E-state index < -0.39 is 0 Å². The fourth-order valence-electron chi connectivity index (χ4n) is 4.72. The SMILES string of the molecule is CC1CCCC(C)N1C(=O)c1cn[nH]c1C1CCN(C(=O)C2CC2)CC1. The van der Waals surface area contributed by atoms with Crippen LogP contribution in [0, 0.1) is 5.92 Å². The van der Waals surface area contributed by atoms with Gasteiger partial charge in [-0.05, 0) is 58.8 Å². The highest BCUT2D eigenvalue weighted by Gasteiger charge is 2.37. The quantitative estimate of drug-likeness (QED) is 0.903. The molecule has 3 fully saturated rings. The van der Waals surface area contributed by atoms with E-state index in [9.17, 15) is 9.59 Å². The third-order valence-corrected chi connectivity index (χ3v) is 6.47. The van der Waals surface area contributed by atoms with E-state index in [1.165, 1.54) is 6.42 Å². The van der Waals surface area contributed by atoms with Crippen LogP contribution >= 0.6 is 0 Å². The molecule has 1 N–H and O–H groups in total. The predicted molar refractivity (Wildman–Crippen MR) is 98.8 cm³/mol. The summed E-state index contributed by atoms with van der Waals surface area (Å²) in [5.74, 6) is 1.03. The molecule has 0 bridgehead atoms. The fourth-order valence-corrected chi connectivity index (χ4v) is 4.72. The second-order valence-electron chi connectivity index (χ2n) is 8.41. The Morgan fingerprint density at radius 2 is 1.69 bits per heavy atom. The van der Waals surface area contributed by atoms with Crippen molar-refractivity contribution in [1.29, 1.82) is 0 Å². The van der Waals surface area contributed by atoms with E-state index in [-0.39, 0.29) is 29.8 Å². The van der Waals surface area contributed by atoms with Gasteiger partial charge < -0.3 is 9.80 Å². The van der Waals surface area contributed by atoms with E-state index in [2.05, 4.69) is 24.0 Å². The third-order valence-electron chi connectivity index (χ3n) is 6.47. The molecule has 1 aromatic rings. The number of nitrogens with one attached hydrogen (secondary N) is 1. The Morgan fingerprint density at radius 1 is 1.04 bits per heavy atom. The Hall–Kier alpha value is -1.85. The van der Waals surface area contributed by atoms with Crippen molar-refractivity contribution < 1.29 is 9.59 Å². The van der Waals surface area contributed by atoms with Gasteiger partial charge in [-0.25, -0.2) is 0 Å². The van der Waals surface area contributed by atoms with Gasteiger partial charge >= 0.3 is 0 Å². The number of aromatic nitrogens is 2. The molecule has 0 spiro atoms. The molecule has 2 atom stereocenters. The zero-order chi connectivity index (χ0) is 18.3. The standard InChI is InChI=1S/C20H30N4O2/c1-13-4-3-5-14(2)24(13)20(26)17-12-21-22-18(17)15-8-10-23(11-9-15)19(25)16-6-7-16/h12-16H,3-11H2,1-2H3,(H,21,22). The maximum absolute atomic E-state index is 13.2. The molecule has 142 valence electrons. The number of rotatable bonds is 3. The highest BCUT2D eigenvalue weighted by molar-refractivity contribution is 5.95. The number of carbonyl (C=O) groups excluding carboxylic acids is 2. The first kappa shape index (κ1) is 17.6. The van der Waals surface area contributed by atoms with E-state index in [4.69, 9.17) is 0 Å². The van der Waals surface area contributed by atoms with E-state index in [0.717, 1.165) is 62.9 Å². The molecule has 6 nitrogen and oxygen atoms in total. The van der Waals surface area contributed by atoms with Crippen molar-refractivity contribution in [3.05, 3.63) is 17.5 Å². The molecule has 1 aromatic heterocycles. The van der Waals surface area contributed by atoms with Crippen LogP contribution in [0.3, 0.4) is 0 Å². The third kappa shape index (κ3) is 3.26. The lowest BCUT2D eigenvalue weighted by Crippen LogP contribution is -2.47. The number of amides is 2. The molecule has 4 rings (SSSR count). The fraction of sp³-hybridized carbons (Fsp3) is 0.750. The molecule has 2 amide bonds. The van der Waals surface area contributed by atoms with Crippen molar-refractivity contribution in [1.82, 2.24) is 20.0 Å². The van der Waals surface area contributed by atoms with Gasteiger partial charge in [0.2, 0.25) is 5.91 Å². The summed E-state index contributed by atoms with van der Waals surface area (Å²) in [6.45, 7) is 5.89. The van der Waals surface area contributed by atoms with Gasteiger partial charge in [-0.2, -0.15) is 5.10 Å². The van der Waals surface area contributed by atoms with Gasteiger partial charge in [-0.3, -0.25) is 14.7 Å². The number of hydrogen-bond donors (Lipinski definition) is 1. The van der Waals surface area contributed by atoms with Crippen molar-refractivity contribution >= 4 is 11.8 Å². The Morgan fingerprint density at radius 3 is 2.31 bits per heavy atom. The van der Waals surface area contributed by atoms with Crippen LogP contribution in [0.1, 0.15) is 80.8 Å². The Bertz CT molecular complexity index is 663. The minimum atomic E-state index is 0.116. The van der Waals surface area contributed by atoms with Gasteiger partial charge in [0.25, 0.3) is 5.91 Å². The summed E-state index contributed by atoms with van der Waals surface area (Å²) in [6.07, 6.45) is 8.98. The molecular formula is C20H30N4O2. The van der Waals surface area contributed by atoms with Crippen LogP contribution in [0.15, 0.2) is 6.20 Å². The molecule has 2 aliphatic heterocycles. The molecule has 3 aliphatic rings. The summed E-state index contributed by atoms with van der Waals surface area (Å²) in [6, 6.07) is 0.569. The van der Waals surface area contributed by atoms with Gasteiger partial charge in [0, 0.05) is 37.0 Å². The molecule has 1 saturated carbocycles. The van der Waals surface area contributed by atoms with Crippen LogP contribution in [-0.2, 0) is 4.79 Å².